The number of nitrogens with zero attached hydrogens (tertiary/aromatic N) is 1. The molecule has 2 heterocycles. The van der Waals surface area contributed by atoms with Crippen molar-refractivity contribution in [1.29, 1.82) is 0 Å². The third-order valence-electron chi connectivity index (χ3n) is 3.13. The van der Waals surface area contributed by atoms with Crippen LogP contribution >= 0.6 is 0 Å². The maximum absolute atomic E-state index is 11.8. The smallest absolute Gasteiger partial charge is 0.270 e. The third kappa shape index (κ3) is 3.26. The SMILES string of the molecule is O=C(/C=C/c1ccc(-c2cccc([N+](=O)[O-])c2)o1)c1ccco1. The number of furan rings is 2. The number of nitro groups is 1. The molecular formula is C17H11NO5. The van der Waals surface area contributed by atoms with Crippen molar-refractivity contribution in [2.24, 2.45) is 0 Å². The summed E-state index contributed by atoms with van der Waals surface area (Å²) in [5.74, 6) is 0.917. The van der Waals surface area contributed by atoms with Gasteiger partial charge in [0.15, 0.2) is 5.76 Å². The fourth-order valence-electron chi connectivity index (χ4n) is 2.03. The number of carbonyl (C=O) groups is 1. The monoisotopic (exact) mass is 309 g/mol. The number of carbonyl (C=O) groups excluding carboxylic acids is 1. The molecule has 6 nitrogen and oxygen atoms in total. The van der Waals surface area contributed by atoms with E-state index in [0.29, 0.717) is 17.1 Å². The molecule has 6 heteroatoms. The Labute approximate surface area is 130 Å². The zero-order chi connectivity index (χ0) is 16.2. The zero-order valence-electron chi connectivity index (χ0n) is 11.8. The van der Waals surface area contributed by atoms with Gasteiger partial charge in [-0.25, -0.2) is 0 Å². The Hall–Kier alpha value is -3.41. The summed E-state index contributed by atoms with van der Waals surface area (Å²) in [6.45, 7) is 0. The zero-order valence-corrected chi connectivity index (χ0v) is 11.8. The lowest BCUT2D eigenvalue weighted by Gasteiger charge is -1.96. The fraction of sp³-hybridized carbons (Fsp3) is 0. The van der Waals surface area contributed by atoms with Gasteiger partial charge in [0.25, 0.3) is 5.69 Å². The Morgan fingerprint density at radius 2 is 2.00 bits per heavy atom. The molecule has 0 amide bonds. The number of allylic oxidation sites excluding steroid dienone is 1. The van der Waals surface area contributed by atoms with Gasteiger partial charge in [-0.15, -0.1) is 0 Å². The molecule has 0 fully saturated rings. The van der Waals surface area contributed by atoms with E-state index in [4.69, 9.17) is 8.83 Å². The Kier molecular flexibility index (Phi) is 3.88. The van der Waals surface area contributed by atoms with Gasteiger partial charge in [0.05, 0.1) is 11.2 Å². The first kappa shape index (κ1) is 14.5. The van der Waals surface area contributed by atoms with Crippen LogP contribution in [0.3, 0.4) is 0 Å². The van der Waals surface area contributed by atoms with Crippen LogP contribution in [0.25, 0.3) is 17.4 Å². The van der Waals surface area contributed by atoms with Crippen LogP contribution in [0.5, 0.6) is 0 Å². The van der Waals surface area contributed by atoms with E-state index in [1.54, 1.807) is 36.4 Å². The van der Waals surface area contributed by atoms with Crippen LogP contribution in [0.1, 0.15) is 16.3 Å². The Morgan fingerprint density at radius 1 is 1.13 bits per heavy atom. The van der Waals surface area contributed by atoms with Crippen LogP contribution < -0.4 is 0 Å². The van der Waals surface area contributed by atoms with Crippen molar-refractivity contribution >= 4 is 17.5 Å². The van der Waals surface area contributed by atoms with Crippen molar-refractivity contribution in [2.75, 3.05) is 0 Å². The molecule has 114 valence electrons. The van der Waals surface area contributed by atoms with Gasteiger partial charge in [-0.2, -0.15) is 0 Å². The Balaban J connectivity index is 1.79. The van der Waals surface area contributed by atoms with Gasteiger partial charge in [0, 0.05) is 17.7 Å². The molecule has 0 aliphatic carbocycles. The normalized spacial score (nSPS) is 11.0. The number of benzene rings is 1. The van der Waals surface area contributed by atoms with Crippen molar-refractivity contribution < 1.29 is 18.6 Å². The minimum Gasteiger partial charge on any atom is -0.461 e. The van der Waals surface area contributed by atoms with Crippen LogP contribution in [-0.4, -0.2) is 10.7 Å². The summed E-state index contributed by atoms with van der Waals surface area (Å²) in [6, 6.07) is 12.7. The third-order valence-corrected chi connectivity index (χ3v) is 3.13. The highest BCUT2D eigenvalue weighted by molar-refractivity contribution is 6.04. The maximum Gasteiger partial charge on any atom is 0.270 e. The van der Waals surface area contributed by atoms with Crippen molar-refractivity contribution in [2.45, 2.75) is 0 Å². The Morgan fingerprint density at radius 3 is 2.74 bits per heavy atom. The van der Waals surface area contributed by atoms with Gasteiger partial charge in [-0.05, 0) is 36.4 Å². The van der Waals surface area contributed by atoms with E-state index in [-0.39, 0.29) is 17.2 Å². The van der Waals surface area contributed by atoms with Crippen LogP contribution in [0.2, 0.25) is 0 Å². The molecule has 2 aromatic heterocycles. The second-order valence-corrected chi connectivity index (χ2v) is 4.68. The predicted molar refractivity (Wildman–Crippen MR) is 82.9 cm³/mol. The fourth-order valence-corrected chi connectivity index (χ4v) is 2.03. The highest BCUT2D eigenvalue weighted by Gasteiger charge is 2.10. The number of hydrogen-bond acceptors (Lipinski definition) is 5. The number of ketones is 1. The van der Waals surface area contributed by atoms with Gasteiger partial charge in [0.1, 0.15) is 11.5 Å². The van der Waals surface area contributed by atoms with E-state index in [1.165, 1.54) is 30.5 Å². The summed E-state index contributed by atoms with van der Waals surface area (Å²) >= 11 is 0. The first-order valence-electron chi connectivity index (χ1n) is 6.74. The topological polar surface area (TPSA) is 86.5 Å². The van der Waals surface area contributed by atoms with E-state index >= 15 is 0 Å². The van der Waals surface area contributed by atoms with Crippen LogP contribution in [0, 0.1) is 10.1 Å². The molecule has 0 atom stereocenters. The summed E-state index contributed by atoms with van der Waals surface area (Å²) in [5.41, 5.74) is 0.584. The van der Waals surface area contributed by atoms with E-state index in [9.17, 15) is 14.9 Å². The quantitative estimate of drug-likeness (QED) is 0.303. The first-order valence-corrected chi connectivity index (χ1v) is 6.74. The highest BCUT2D eigenvalue weighted by atomic mass is 16.6. The lowest BCUT2D eigenvalue weighted by molar-refractivity contribution is -0.384. The second-order valence-electron chi connectivity index (χ2n) is 4.68. The molecule has 23 heavy (non-hydrogen) atoms. The molecule has 1 aromatic carbocycles. The van der Waals surface area contributed by atoms with Crippen LogP contribution in [0.4, 0.5) is 5.69 Å². The van der Waals surface area contributed by atoms with Crippen LogP contribution in [-0.2, 0) is 0 Å². The molecule has 3 aromatic rings. The molecule has 0 N–H and O–H groups in total. The minimum atomic E-state index is -0.463. The van der Waals surface area contributed by atoms with Gasteiger partial charge in [-0.3, -0.25) is 14.9 Å². The molecule has 0 saturated heterocycles. The first-order chi connectivity index (χ1) is 11.1. The van der Waals surface area contributed by atoms with Crippen LogP contribution in [0.15, 0.2) is 69.7 Å². The average molecular weight is 309 g/mol. The molecule has 0 bridgehead atoms. The van der Waals surface area contributed by atoms with E-state index in [1.807, 2.05) is 0 Å². The highest BCUT2D eigenvalue weighted by Crippen LogP contribution is 2.26. The van der Waals surface area contributed by atoms with Crippen molar-refractivity contribution in [3.05, 3.63) is 82.5 Å². The van der Waals surface area contributed by atoms with Gasteiger partial charge in [-0.1, -0.05) is 12.1 Å². The molecule has 0 unspecified atom stereocenters. The summed E-state index contributed by atoms with van der Waals surface area (Å²) in [4.78, 5) is 22.1. The van der Waals surface area contributed by atoms with Gasteiger partial charge in [0.2, 0.25) is 5.78 Å². The maximum atomic E-state index is 11.8. The Bertz CT molecular complexity index is 874. The summed E-state index contributed by atoms with van der Waals surface area (Å²) in [7, 11) is 0. The molecule has 0 saturated carbocycles. The number of non-ortho nitro benzene ring substituents is 1. The van der Waals surface area contributed by atoms with E-state index < -0.39 is 4.92 Å². The molecule has 0 aliphatic heterocycles. The summed E-state index contributed by atoms with van der Waals surface area (Å²) in [6.07, 6.45) is 4.29. The van der Waals surface area contributed by atoms with Crippen molar-refractivity contribution in [1.82, 2.24) is 0 Å². The van der Waals surface area contributed by atoms with E-state index in [0.717, 1.165) is 0 Å². The van der Waals surface area contributed by atoms with Crippen molar-refractivity contribution in [3.8, 4) is 11.3 Å². The minimum absolute atomic E-state index is 0.0102. The van der Waals surface area contributed by atoms with Gasteiger partial charge >= 0.3 is 0 Å². The average Bonchev–Trinajstić information content (AvgIpc) is 3.24. The molecule has 0 aliphatic rings. The summed E-state index contributed by atoms with van der Waals surface area (Å²) < 4.78 is 10.6. The molecule has 0 spiro atoms. The second kappa shape index (κ2) is 6.15. The lowest BCUT2D eigenvalue weighted by atomic mass is 10.1. The predicted octanol–water partition coefficient (Wildman–Crippen LogP) is 4.34. The lowest BCUT2D eigenvalue weighted by Crippen LogP contribution is -1.89. The number of rotatable bonds is 5. The molecule has 3 rings (SSSR count). The largest absolute Gasteiger partial charge is 0.461 e. The number of hydrogen-bond donors (Lipinski definition) is 0. The molecular weight excluding hydrogens is 298 g/mol. The standard InChI is InChI=1S/C17H11NO5/c19-15(17-5-2-10-22-17)8-6-14-7-9-16(23-14)12-3-1-4-13(11-12)18(20)21/h1-11H/b8-6+. The number of nitro benzene ring substituents is 1. The molecule has 0 radical (unpaired) electrons. The summed E-state index contributed by atoms with van der Waals surface area (Å²) in [5, 5.41) is 10.8. The van der Waals surface area contributed by atoms with Gasteiger partial charge < -0.3 is 8.83 Å². The van der Waals surface area contributed by atoms with E-state index in [2.05, 4.69) is 0 Å². The van der Waals surface area contributed by atoms with Crippen molar-refractivity contribution in [3.63, 3.8) is 0 Å².